The van der Waals surface area contributed by atoms with E-state index in [-0.39, 0.29) is 5.75 Å². The predicted octanol–water partition coefficient (Wildman–Crippen LogP) is 0.537. The van der Waals surface area contributed by atoms with Crippen LogP contribution in [-0.4, -0.2) is 11.0 Å². The summed E-state index contributed by atoms with van der Waals surface area (Å²) in [5.41, 5.74) is 6.36. The normalized spacial score (nSPS) is 8.69. The van der Waals surface area contributed by atoms with Crippen molar-refractivity contribution in [2.75, 3.05) is 0 Å². The van der Waals surface area contributed by atoms with Crippen LogP contribution in [-0.2, 0) is 4.79 Å². The van der Waals surface area contributed by atoms with Gasteiger partial charge in [0.25, 0.3) is 5.91 Å². The van der Waals surface area contributed by atoms with Crippen molar-refractivity contribution in [2.24, 2.45) is 5.73 Å². The van der Waals surface area contributed by atoms with Gasteiger partial charge >= 0.3 is 0 Å². The molecule has 0 saturated heterocycles. The van der Waals surface area contributed by atoms with Crippen LogP contribution in [0.5, 0.6) is 5.75 Å². The summed E-state index contributed by atoms with van der Waals surface area (Å²) >= 11 is 0. The number of benzene rings is 1. The van der Waals surface area contributed by atoms with E-state index >= 15 is 0 Å². The van der Waals surface area contributed by atoms with Crippen molar-refractivity contribution in [1.29, 1.82) is 0 Å². The Balaban J connectivity index is 3.09. The number of carbonyl (C=O) groups excluding carboxylic acids is 1. The van der Waals surface area contributed by atoms with Gasteiger partial charge in [-0.15, -0.1) is 0 Å². The first kappa shape index (κ1) is 9.14. The third kappa shape index (κ3) is 2.53. The van der Waals surface area contributed by atoms with Gasteiger partial charge in [0, 0.05) is 5.56 Å². The molecule has 0 aliphatic carbocycles. The fourth-order valence-electron chi connectivity index (χ4n) is 0.874. The third-order valence-electron chi connectivity index (χ3n) is 1.54. The number of rotatable bonds is 0. The Morgan fingerprint density at radius 1 is 1.54 bits per heavy atom. The van der Waals surface area contributed by atoms with Gasteiger partial charge in [-0.1, -0.05) is 12.0 Å². The maximum atomic E-state index is 10.4. The van der Waals surface area contributed by atoms with Gasteiger partial charge in [-0.2, -0.15) is 0 Å². The Morgan fingerprint density at radius 2 is 2.23 bits per heavy atom. The largest absolute Gasteiger partial charge is 0.508 e. The molecule has 13 heavy (non-hydrogen) atoms. The molecule has 1 aromatic rings. The van der Waals surface area contributed by atoms with Crippen LogP contribution in [0, 0.1) is 18.8 Å². The molecule has 66 valence electrons. The minimum atomic E-state index is -0.678. The van der Waals surface area contributed by atoms with Crippen LogP contribution in [0.1, 0.15) is 11.1 Å². The Kier molecular flexibility index (Phi) is 2.56. The highest BCUT2D eigenvalue weighted by atomic mass is 16.3. The van der Waals surface area contributed by atoms with Crippen LogP contribution in [0.3, 0.4) is 0 Å². The molecule has 0 atom stereocenters. The number of nitrogens with two attached hydrogens (primary N) is 1. The quantitative estimate of drug-likeness (QED) is 0.565. The number of amides is 1. The zero-order chi connectivity index (χ0) is 9.84. The summed E-state index contributed by atoms with van der Waals surface area (Å²) < 4.78 is 0. The van der Waals surface area contributed by atoms with Crippen LogP contribution < -0.4 is 5.73 Å². The number of phenols is 1. The Morgan fingerprint density at radius 3 is 2.85 bits per heavy atom. The minimum absolute atomic E-state index is 0.124. The molecule has 1 amide bonds. The summed E-state index contributed by atoms with van der Waals surface area (Å²) in [5, 5.41) is 9.12. The van der Waals surface area contributed by atoms with Crippen LogP contribution in [0.15, 0.2) is 18.2 Å². The van der Waals surface area contributed by atoms with Crippen molar-refractivity contribution in [1.82, 2.24) is 0 Å². The standard InChI is InChI=1S/C10H9NO2/c1-7-2-4-9(12)6-8(7)3-5-10(11)13/h2,4,6,12H,1H3,(H2,11,13). The first-order valence-electron chi connectivity index (χ1n) is 3.70. The lowest BCUT2D eigenvalue weighted by atomic mass is 10.1. The van der Waals surface area contributed by atoms with Gasteiger partial charge in [-0.3, -0.25) is 4.79 Å². The van der Waals surface area contributed by atoms with E-state index in [2.05, 4.69) is 11.8 Å². The van der Waals surface area contributed by atoms with E-state index < -0.39 is 5.91 Å². The second kappa shape index (κ2) is 3.63. The smallest absolute Gasteiger partial charge is 0.293 e. The summed E-state index contributed by atoms with van der Waals surface area (Å²) in [7, 11) is 0. The van der Waals surface area contributed by atoms with E-state index in [0.717, 1.165) is 5.56 Å². The lowest BCUT2D eigenvalue weighted by Crippen LogP contribution is -2.06. The van der Waals surface area contributed by atoms with E-state index in [9.17, 15) is 4.79 Å². The first-order chi connectivity index (χ1) is 6.09. The summed E-state index contributed by atoms with van der Waals surface area (Å²) in [6.45, 7) is 1.84. The van der Waals surface area contributed by atoms with Gasteiger partial charge < -0.3 is 10.8 Å². The molecule has 0 unspecified atom stereocenters. The number of aromatic hydroxyl groups is 1. The molecule has 0 heterocycles. The van der Waals surface area contributed by atoms with Crippen LogP contribution >= 0.6 is 0 Å². The summed E-state index contributed by atoms with van der Waals surface area (Å²) in [6.07, 6.45) is 0. The first-order valence-corrected chi connectivity index (χ1v) is 3.70. The van der Waals surface area contributed by atoms with E-state index in [4.69, 9.17) is 10.8 Å². The molecule has 0 bridgehead atoms. The molecule has 3 heteroatoms. The van der Waals surface area contributed by atoms with Crippen molar-refractivity contribution >= 4 is 5.91 Å². The lowest BCUT2D eigenvalue weighted by Gasteiger charge is -1.97. The lowest BCUT2D eigenvalue weighted by molar-refractivity contribution is -0.112. The van der Waals surface area contributed by atoms with Crippen molar-refractivity contribution in [3.8, 4) is 17.6 Å². The zero-order valence-electron chi connectivity index (χ0n) is 7.16. The molecule has 0 spiro atoms. The molecule has 0 aliphatic heterocycles. The molecule has 0 radical (unpaired) electrons. The zero-order valence-corrected chi connectivity index (χ0v) is 7.16. The summed E-state index contributed by atoms with van der Waals surface area (Å²) in [4.78, 5) is 10.4. The minimum Gasteiger partial charge on any atom is -0.508 e. The maximum absolute atomic E-state index is 10.4. The number of carbonyl (C=O) groups is 1. The van der Waals surface area contributed by atoms with Gasteiger partial charge in [0.15, 0.2) is 0 Å². The predicted molar refractivity (Wildman–Crippen MR) is 48.9 cm³/mol. The molecule has 0 aliphatic rings. The summed E-state index contributed by atoms with van der Waals surface area (Å²) in [6, 6.07) is 4.77. The molecular formula is C10H9NO2. The van der Waals surface area contributed by atoms with Crippen molar-refractivity contribution in [3.63, 3.8) is 0 Å². The monoisotopic (exact) mass is 175 g/mol. The fourth-order valence-corrected chi connectivity index (χ4v) is 0.874. The van der Waals surface area contributed by atoms with Crippen molar-refractivity contribution < 1.29 is 9.90 Å². The molecule has 0 saturated carbocycles. The van der Waals surface area contributed by atoms with Gasteiger partial charge in [-0.05, 0) is 30.5 Å². The Hall–Kier alpha value is -1.95. The molecule has 1 aromatic carbocycles. The van der Waals surface area contributed by atoms with Crippen LogP contribution in [0.2, 0.25) is 0 Å². The topological polar surface area (TPSA) is 63.3 Å². The number of hydrogen-bond donors (Lipinski definition) is 2. The molecule has 1 rings (SSSR count). The average molecular weight is 175 g/mol. The highest BCUT2D eigenvalue weighted by Crippen LogP contribution is 2.14. The second-order valence-corrected chi connectivity index (χ2v) is 2.61. The Labute approximate surface area is 76.2 Å². The molecule has 3 N–H and O–H groups in total. The van der Waals surface area contributed by atoms with Crippen LogP contribution in [0.4, 0.5) is 0 Å². The van der Waals surface area contributed by atoms with E-state index in [1.54, 1.807) is 12.1 Å². The number of primary amides is 1. The van der Waals surface area contributed by atoms with Gasteiger partial charge in [0.1, 0.15) is 5.75 Å². The third-order valence-corrected chi connectivity index (χ3v) is 1.54. The number of hydrogen-bond acceptors (Lipinski definition) is 2. The number of phenolic OH excluding ortho intramolecular Hbond substituents is 1. The van der Waals surface area contributed by atoms with E-state index in [1.165, 1.54) is 6.07 Å². The Bertz CT molecular complexity index is 399. The van der Waals surface area contributed by atoms with Crippen molar-refractivity contribution in [3.05, 3.63) is 29.3 Å². The second-order valence-electron chi connectivity index (χ2n) is 2.61. The van der Waals surface area contributed by atoms with Crippen LogP contribution in [0.25, 0.3) is 0 Å². The molecule has 0 fully saturated rings. The van der Waals surface area contributed by atoms with Gasteiger partial charge in [-0.25, -0.2) is 0 Å². The van der Waals surface area contributed by atoms with E-state index in [0.29, 0.717) is 5.56 Å². The number of aryl methyl sites for hydroxylation is 1. The SMILES string of the molecule is Cc1ccc(O)cc1C#CC(N)=O. The highest BCUT2D eigenvalue weighted by molar-refractivity contribution is 5.92. The van der Waals surface area contributed by atoms with E-state index in [1.807, 2.05) is 6.92 Å². The highest BCUT2D eigenvalue weighted by Gasteiger charge is 1.95. The summed E-state index contributed by atoms with van der Waals surface area (Å²) in [5.74, 6) is 4.22. The van der Waals surface area contributed by atoms with Gasteiger partial charge in [0.05, 0.1) is 0 Å². The van der Waals surface area contributed by atoms with Gasteiger partial charge in [0.2, 0.25) is 0 Å². The fraction of sp³-hybridized carbons (Fsp3) is 0.100. The van der Waals surface area contributed by atoms with Crippen molar-refractivity contribution in [2.45, 2.75) is 6.92 Å². The molecular weight excluding hydrogens is 166 g/mol. The average Bonchev–Trinajstić information content (AvgIpc) is 2.06. The maximum Gasteiger partial charge on any atom is 0.293 e. The molecule has 3 nitrogen and oxygen atoms in total. The molecule has 0 aromatic heterocycles.